The van der Waals surface area contributed by atoms with Gasteiger partial charge >= 0.3 is 0 Å². The Morgan fingerprint density at radius 3 is 2.81 bits per heavy atom. The molecule has 1 aromatic carbocycles. The molecule has 0 aliphatic carbocycles. The molecule has 5 nitrogen and oxygen atoms in total. The number of imidazole rings is 1. The molecule has 0 unspecified atom stereocenters. The first-order valence-electron chi connectivity index (χ1n) is 7.28. The van der Waals surface area contributed by atoms with E-state index in [0.29, 0.717) is 13.0 Å². The number of aromatic nitrogens is 2. The van der Waals surface area contributed by atoms with Gasteiger partial charge in [0.25, 0.3) is 0 Å². The molecule has 3 N–H and O–H groups in total. The van der Waals surface area contributed by atoms with Crippen molar-refractivity contribution in [2.45, 2.75) is 31.8 Å². The van der Waals surface area contributed by atoms with Gasteiger partial charge in [-0.05, 0) is 24.8 Å². The molecule has 1 heterocycles. The van der Waals surface area contributed by atoms with E-state index in [-0.39, 0.29) is 5.91 Å². The predicted octanol–water partition coefficient (Wildman–Crippen LogP) is 1.35. The smallest absolute Gasteiger partial charge is 0.237 e. The zero-order chi connectivity index (χ0) is 14.9. The van der Waals surface area contributed by atoms with Crippen LogP contribution in [-0.2, 0) is 17.8 Å². The third-order valence-corrected chi connectivity index (χ3v) is 3.34. The van der Waals surface area contributed by atoms with Crippen LogP contribution in [0.5, 0.6) is 0 Å². The molecule has 1 amide bonds. The minimum atomic E-state index is -0.485. The lowest BCUT2D eigenvalue weighted by Crippen LogP contribution is -2.42. The second kappa shape index (κ2) is 8.21. The number of aryl methyl sites for hydroxylation is 1. The summed E-state index contributed by atoms with van der Waals surface area (Å²) in [6.45, 7) is 1.59. The Labute approximate surface area is 125 Å². The molecule has 0 bridgehead atoms. The number of benzene rings is 1. The van der Waals surface area contributed by atoms with Crippen LogP contribution < -0.4 is 11.1 Å². The second-order valence-electron chi connectivity index (χ2n) is 5.09. The molecule has 0 saturated heterocycles. The molecular formula is C16H22N4O. The van der Waals surface area contributed by atoms with Crippen molar-refractivity contribution in [1.82, 2.24) is 14.9 Å². The maximum Gasteiger partial charge on any atom is 0.237 e. The van der Waals surface area contributed by atoms with E-state index in [4.69, 9.17) is 5.73 Å². The maximum absolute atomic E-state index is 11.9. The van der Waals surface area contributed by atoms with Gasteiger partial charge < -0.3 is 15.6 Å². The molecule has 0 fully saturated rings. The number of nitrogens with zero attached hydrogens (tertiary/aromatic N) is 2. The van der Waals surface area contributed by atoms with Crippen LogP contribution in [0.15, 0.2) is 49.1 Å². The first-order valence-corrected chi connectivity index (χ1v) is 7.28. The van der Waals surface area contributed by atoms with Gasteiger partial charge in [0.1, 0.15) is 0 Å². The van der Waals surface area contributed by atoms with E-state index in [9.17, 15) is 4.79 Å². The fourth-order valence-electron chi connectivity index (χ4n) is 2.14. The Morgan fingerprint density at radius 2 is 2.10 bits per heavy atom. The number of rotatable bonds is 8. The standard InChI is InChI=1S/C16H22N4O/c17-15(12-14-6-2-1-3-7-14)16(21)19-8-4-5-10-20-11-9-18-13-20/h1-3,6-7,9,11,13,15H,4-5,8,10,12,17H2,(H,19,21)/t15-/m1/s1. The zero-order valence-electron chi connectivity index (χ0n) is 12.1. The molecular weight excluding hydrogens is 264 g/mol. The quantitative estimate of drug-likeness (QED) is 0.719. The van der Waals surface area contributed by atoms with E-state index < -0.39 is 6.04 Å². The van der Waals surface area contributed by atoms with E-state index >= 15 is 0 Å². The number of carbonyl (C=O) groups excluding carboxylic acids is 1. The van der Waals surface area contributed by atoms with Crippen molar-refractivity contribution >= 4 is 5.91 Å². The SMILES string of the molecule is N[C@H](Cc1ccccc1)C(=O)NCCCCn1ccnc1. The van der Waals surface area contributed by atoms with Gasteiger partial charge in [-0.3, -0.25) is 4.79 Å². The van der Waals surface area contributed by atoms with Crippen LogP contribution in [0, 0.1) is 0 Å². The summed E-state index contributed by atoms with van der Waals surface area (Å²) in [5.74, 6) is -0.0820. The Morgan fingerprint density at radius 1 is 1.29 bits per heavy atom. The van der Waals surface area contributed by atoms with Crippen LogP contribution in [0.1, 0.15) is 18.4 Å². The van der Waals surface area contributed by atoms with E-state index in [1.807, 2.05) is 41.1 Å². The van der Waals surface area contributed by atoms with Crippen molar-refractivity contribution in [3.05, 3.63) is 54.6 Å². The Kier molecular flexibility index (Phi) is 5.97. The molecule has 0 aliphatic heterocycles. The number of nitrogens with two attached hydrogens (primary N) is 1. The number of amides is 1. The lowest BCUT2D eigenvalue weighted by atomic mass is 10.1. The fraction of sp³-hybridized carbons (Fsp3) is 0.375. The highest BCUT2D eigenvalue weighted by molar-refractivity contribution is 5.81. The van der Waals surface area contributed by atoms with E-state index in [2.05, 4.69) is 10.3 Å². The highest BCUT2D eigenvalue weighted by atomic mass is 16.2. The number of unbranched alkanes of at least 4 members (excludes halogenated alkanes) is 1. The van der Waals surface area contributed by atoms with Gasteiger partial charge in [0.15, 0.2) is 0 Å². The van der Waals surface area contributed by atoms with E-state index in [0.717, 1.165) is 24.9 Å². The van der Waals surface area contributed by atoms with Gasteiger partial charge in [-0.1, -0.05) is 30.3 Å². The molecule has 1 atom stereocenters. The number of hydrogen-bond donors (Lipinski definition) is 2. The van der Waals surface area contributed by atoms with Crippen molar-refractivity contribution in [2.75, 3.05) is 6.54 Å². The summed E-state index contributed by atoms with van der Waals surface area (Å²) in [5, 5.41) is 2.89. The van der Waals surface area contributed by atoms with E-state index in [1.54, 1.807) is 12.5 Å². The number of carbonyl (C=O) groups is 1. The van der Waals surface area contributed by atoms with Crippen LogP contribution in [0.2, 0.25) is 0 Å². The largest absolute Gasteiger partial charge is 0.355 e. The van der Waals surface area contributed by atoms with Crippen molar-refractivity contribution in [2.24, 2.45) is 5.73 Å². The van der Waals surface area contributed by atoms with Crippen LogP contribution in [-0.4, -0.2) is 28.0 Å². The lowest BCUT2D eigenvalue weighted by molar-refractivity contribution is -0.122. The maximum atomic E-state index is 11.9. The normalized spacial score (nSPS) is 12.0. The zero-order valence-corrected chi connectivity index (χ0v) is 12.1. The summed E-state index contributed by atoms with van der Waals surface area (Å²) in [4.78, 5) is 15.9. The third-order valence-electron chi connectivity index (χ3n) is 3.34. The monoisotopic (exact) mass is 286 g/mol. The van der Waals surface area contributed by atoms with Gasteiger partial charge in [-0.15, -0.1) is 0 Å². The topological polar surface area (TPSA) is 72.9 Å². The molecule has 1 aromatic heterocycles. The molecule has 0 aliphatic rings. The molecule has 0 radical (unpaired) electrons. The second-order valence-corrected chi connectivity index (χ2v) is 5.09. The first-order chi connectivity index (χ1) is 10.3. The minimum Gasteiger partial charge on any atom is -0.355 e. The average Bonchev–Trinajstić information content (AvgIpc) is 3.01. The lowest BCUT2D eigenvalue weighted by Gasteiger charge is -2.12. The molecule has 112 valence electrons. The van der Waals surface area contributed by atoms with E-state index in [1.165, 1.54) is 0 Å². The fourth-order valence-corrected chi connectivity index (χ4v) is 2.14. The molecule has 0 saturated carbocycles. The van der Waals surface area contributed by atoms with Gasteiger partial charge in [-0.2, -0.15) is 0 Å². The average molecular weight is 286 g/mol. The Balaban J connectivity index is 1.60. The van der Waals surface area contributed by atoms with Crippen LogP contribution >= 0.6 is 0 Å². The summed E-state index contributed by atoms with van der Waals surface area (Å²) in [7, 11) is 0. The van der Waals surface area contributed by atoms with Crippen LogP contribution in [0.4, 0.5) is 0 Å². The van der Waals surface area contributed by atoms with Crippen molar-refractivity contribution < 1.29 is 4.79 Å². The van der Waals surface area contributed by atoms with Crippen LogP contribution in [0.25, 0.3) is 0 Å². The van der Waals surface area contributed by atoms with Crippen LogP contribution in [0.3, 0.4) is 0 Å². The summed E-state index contributed by atoms with van der Waals surface area (Å²) < 4.78 is 2.03. The van der Waals surface area contributed by atoms with Gasteiger partial charge in [0, 0.05) is 25.5 Å². The Bertz CT molecular complexity index is 524. The molecule has 5 heteroatoms. The van der Waals surface area contributed by atoms with Crippen molar-refractivity contribution in [3.8, 4) is 0 Å². The Hall–Kier alpha value is -2.14. The van der Waals surface area contributed by atoms with Gasteiger partial charge in [-0.25, -0.2) is 4.98 Å². The highest BCUT2D eigenvalue weighted by Gasteiger charge is 2.12. The minimum absolute atomic E-state index is 0.0820. The summed E-state index contributed by atoms with van der Waals surface area (Å²) in [5.41, 5.74) is 7.00. The van der Waals surface area contributed by atoms with Gasteiger partial charge in [0.05, 0.1) is 12.4 Å². The molecule has 21 heavy (non-hydrogen) atoms. The molecule has 0 spiro atoms. The highest BCUT2D eigenvalue weighted by Crippen LogP contribution is 2.02. The molecule has 2 rings (SSSR count). The van der Waals surface area contributed by atoms with Gasteiger partial charge in [0.2, 0.25) is 5.91 Å². The molecule has 2 aromatic rings. The summed E-state index contributed by atoms with van der Waals surface area (Å²) in [6, 6.07) is 9.35. The summed E-state index contributed by atoms with van der Waals surface area (Å²) >= 11 is 0. The number of nitrogens with one attached hydrogen (secondary N) is 1. The first kappa shape index (κ1) is 15.3. The number of hydrogen-bond acceptors (Lipinski definition) is 3. The van der Waals surface area contributed by atoms with Crippen molar-refractivity contribution in [1.29, 1.82) is 0 Å². The third kappa shape index (κ3) is 5.39. The summed E-state index contributed by atoms with van der Waals surface area (Å²) in [6.07, 6.45) is 8.02. The van der Waals surface area contributed by atoms with Crippen molar-refractivity contribution in [3.63, 3.8) is 0 Å². The predicted molar refractivity (Wildman–Crippen MR) is 82.6 cm³/mol.